The fourth-order valence-electron chi connectivity index (χ4n) is 3.00. The molecule has 3 rings (SSSR count). The van der Waals surface area contributed by atoms with Crippen molar-refractivity contribution in [1.29, 1.82) is 0 Å². The van der Waals surface area contributed by atoms with Crippen LogP contribution >= 0.6 is 15.9 Å². The number of hydrogen-bond acceptors (Lipinski definition) is 3. The van der Waals surface area contributed by atoms with Crippen LogP contribution in [-0.4, -0.2) is 24.0 Å². The van der Waals surface area contributed by atoms with Crippen molar-refractivity contribution in [2.24, 2.45) is 5.92 Å². The van der Waals surface area contributed by atoms with Crippen LogP contribution in [0, 0.1) is 5.92 Å². The zero-order valence-corrected chi connectivity index (χ0v) is 12.5. The quantitative estimate of drug-likeness (QED) is 0.798. The number of carbonyl (C=O) groups is 3. The molecule has 0 bridgehead atoms. The zero-order valence-electron chi connectivity index (χ0n) is 10.9. The van der Waals surface area contributed by atoms with E-state index in [1.54, 1.807) is 18.2 Å². The molecule has 0 atom stereocenters. The Hall–Kier alpha value is -1.49. The first-order valence-electron chi connectivity index (χ1n) is 6.77. The standard InChI is InChI=1S/C15H14BrNO3/c16-11-7-3-6-10-13(11)17(15(20)14(10)19)8-12(18)9-4-1-2-5-9/h3,6-7,9H,1-2,4-5,8H2. The Balaban J connectivity index is 1.89. The Morgan fingerprint density at radius 3 is 2.65 bits per heavy atom. The lowest BCUT2D eigenvalue weighted by Gasteiger charge is -2.18. The summed E-state index contributed by atoms with van der Waals surface area (Å²) in [6.07, 6.45) is 3.95. The number of anilines is 1. The molecule has 0 spiro atoms. The van der Waals surface area contributed by atoms with Crippen LogP contribution < -0.4 is 4.90 Å². The molecule has 1 aromatic carbocycles. The van der Waals surface area contributed by atoms with Gasteiger partial charge in [0.05, 0.1) is 17.8 Å². The van der Waals surface area contributed by atoms with Gasteiger partial charge in [0.15, 0.2) is 5.78 Å². The minimum atomic E-state index is -0.599. The summed E-state index contributed by atoms with van der Waals surface area (Å²) in [6, 6.07) is 5.12. The maximum Gasteiger partial charge on any atom is 0.299 e. The molecule has 0 saturated heterocycles. The molecule has 0 aromatic heterocycles. The zero-order chi connectivity index (χ0) is 14.3. The van der Waals surface area contributed by atoms with Crippen molar-refractivity contribution in [3.8, 4) is 0 Å². The lowest BCUT2D eigenvalue weighted by Crippen LogP contribution is -2.36. The first-order chi connectivity index (χ1) is 9.59. The van der Waals surface area contributed by atoms with Gasteiger partial charge in [-0.15, -0.1) is 0 Å². The predicted octanol–water partition coefficient (Wildman–Crippen LogP) is 2.74. The molecule has 1 fully saturated rings. The van der Waals surface area contributed by atoms with E-state index < -0.39 is 11.7 Å². The number of fused-ring (bicyclic) bond motifs is 1. The second kappa shape index (κ2) is 5.13. The van der Waals surface area contributed by atoms with Crippen LogP contribution in [0.15, 0.2) is 22.7 Å². The fourth-order valence-corrected chi connectivity index (χ4v) is 3.58. The maximum absolute atomic E-state index is 12.3. The normalized spacial score (nSPS) is 18.8. The summed E-state index contributed by atoms with van der Waals surface area (Å²) >= 11 is 3.36. The van der Waals surface area contributed by atoms with E-state index in [0.717, 1.165) is 25.7 Å². The highest BCUT2D eigenvalue weighted by molar-refractivity contribution is 9.10. The van der Waals surface area contributed by atoms with Crippen LogP contribution in [-0.2, 0) is 9.59 Å². The molecule has 1 amide bonds. The molecule has 1 aromatic rings. The number of nitrogens with zero attached hydrogens (tertiary/aromatic N) is 1. The van der Waals surface area contributed by atoms with Crippen LogP contribution in [0.1, 0.15) is 36.0 Å². The van der Waals surface area contributed by atoms with Crippen molar-refractivity contribution < 1.29 is 14.4 Å². The van der Waals surface area contributed by atoms with Gasteiger partial charge in [-0.2, -0.15) is 0 Å². The number of rotatable bonds is 3. The molecule has 5 heteroatoms. The van der Waals surface area contributed by atoms with Gasteiger partial charge in [0.25, 0.3) is 11.7 Å². The molecule has 1 saturated carbocycles. The third-order valence-corrected chi connectivity index (χ3v) is 4.71. The third kappa shape index (κ3) is 2.10. The van der Waals surface area contributed by atoms with Gasteiger partial charge in [0.2, 0.25) is 0 Å². The largest absolute Gasteiger partial charge is 0.299 e. The molecule has 1 heterocycles. The van der Waals surface area contributed by atoms with Crippen LogP contribution in [0.25, 0.3) is 0 Å². The Kier molecular flexibility index (Phi) is 3.46. The minimum Gasteiger partial charge on any atom is -0.297 e. The molecule has 2 aliphatic rings. The van der Waals surface area contributed by atoms with Gasteiger partial charge in [-0.3, -0.25) is 19.3 Å². The average molecular weight is 336 g/mol. The van der Waals surface area contributed by atoms with Crippen molar-refractivity contribution in [2.75, 3.05) is 11.4 Å². The fraction of sp³-hybridized carbons (Fsp3) is 0.400. The Morgan fingerprint density at radius 2 is 1.95 bits per heavy atom. The van der Waals surface area contributed by atoms with E-state index >= 15 is 0 Å². The Bertz CT molecular complexity index is 605. The summed E-state index contributed by atoms with van der Waals surface area (Å²) in [4.78, 5) is 37.6. The summed E-state index contributed by atoms with van der Waals surface area (Å²) in [5, 5.41) is 0. The van der Waals surface area contributed by atoms with Crippen molar-refractivity contribution in [1.82, 2.24) is 0 Å². The maximum atomic E-state index is 12.3. The molecule has 0 radical (unpaired) electrons. The van der Waals surface area contributed by atoms with E-state index in [4.69, 9.17) is 0 Å². The van der Waals surface area contributed by atoms with Gasteiger partial charge >= 0.3 is 0 Å². The van der Waals surface area contributed by atoms with E-state index in [9.17, 15) is 14.4 Å². The van der Waals surface area contributed by atoms with Gasteiger partial charge in [0, 0.05) is 10.4 Å². The molecule has 20 heavy (non-hydrogen) atoms. The number of carbonyl (C=O) groups excluding carboxylic acids is 3. The average Bonchev–Trinajstić information content (AvgIpc) is 3.03. The summed E-state index contributed by atoms with van der Waals surface area (Å²) < 4.78 is 0.674. The Labute approximate surface area is 125 Å². The lowest BCUT2D eigenvalue weighted by molar-refractivity contribution is -0.123. The first-order valence-corrected chi connectivity index (χ1v) is 7.56. The van der Waals surface area contributed by atoms with Gasteiger partial charge in [0.1, 0.15) is 0 Å². The van der Waals surface area contributed by atoms with Crippen molar-refractivity contribution >= 4 is 39.1 Å². The third-order valence-electron chi connectivity index (χ3n) is 4.07. The van der Waals surface area contributed by atoms with Gasteiger partial charge in [-0.05, 0) is 40.9 Å². The number of benzene rings is 1. The van der Waals surface area contributed by atoms with E-state index in [-0.39, 0.29) is 18.2 Å². The van der Waals surface area contributed by atoms with E-state index in [1.807, 2.05) is 0 Å². The summed E-state index contributed by atoms with van der Waals surface area (Å²) in [5.41, 5.74) is 0.914. The van der Waals surface area contributed by atoms with E-state index in [2.05, 4.69) is 15.9 Å². The second-order valence-corrected chi connectivity index (χ2v) is 6.16. The van der Waals surface area contributed by atoms with E-state index in [0.29, 0.717) is 15.7 Å². The van der Waals surface area contributed by atoms with Crippen LogP contribution in [0.2, 0.25) is 0 Å². The Morgan fingerprint density at radius 1 is 1.25 bits per heavy atom. The van der Waals surface area contributed by atoms with Crippen LogP contribution in [0.5, 0.6) is 0 Å². The molecular weight excluding hydrogens is 322 g/mol. The molecule has 0 unspecified atom stereocenters. The van der Waals surface area contributed by atoms with Crippen molar-refractivity contribution in [3.05, 3.63) is 28.2 Å². The number of ketones is 2. The predicted molar refractivity (Wildman–Crippen MR) is 77.8 cm³/mol. The molecule has 4 nitrogen and oxygen atoms in total. The number of amides is 1. The minimum absolute atomic E-state index is 0.00481. The second-order valence-electron chi connectivity index (χ2n) is 5.30. The molecule has 1 aliphatic carbocycles. The summed E-state index contributed by atoms with van der Waals surface area (Å²) in [6.45, 7) is 0.00481. The monoisotopic (exact) mass is 335 g/mol. The number of Topliss-reactive ketones (excluding diaryl/α,β-unsaturated/α-hetero) is 2. The number of halogens is 1. The van der Waals surface area contributed by atoms with Gasteiger partial charge in [-0.25, -0.2) is 0 Å². The lowest BCUT2D eigenvalue weighted by atomic mass is 10.0. The van der Waals surface area contributed by atoms with Crippen molar-refractivity contribution in [3.63, 3.8) is 0 Å². The van der Waals surface area contributed by atoms with Gasteiger partial charge in [-0.1, -0.05) is 18.9 Å². The summed E-state index contributed by atoms with van der Waals surface area (Å²) in [7, 11) is 0. The highest BCUT2D eigenvalue weighted by Crippen LogP contribution is 2.36. The molecular formula is C15H14BrNO3. The van der Waals surface area contributed by atoms with Crippen molar-refractivity contribution in [2.45, 2.75) is 25.7 Å². The molecule has 0 N–H and O–H groups in total. The number of para-hydroxylation sites is 1. The first kappa shape index (κ1) is 13.5. The molecule has 1 aliphatic heterocycles. The van der Waals surface area contributed by atoms with Crippen LogP contribution in [0.4, 0.5) is 5.69 Å². The SMILES string of the molecule is O=C1C(=O)N(CC(=O)C2CCCC2)c2c(Br)cccc21. The smallest absolute Gasteiger partial charge is 0.297 e. The molecule has 104 valence electrons. The number of hydrogen-bond donors (Lipinski definition) is 0. The topological polar surface area (TPSA) is 54.5 Å². The van der Waals surface area contributed by atoms with Crippen LogP contribution in [0.3, 0.4) is 0 Å². The highest BCUT2D eigenvalue weighted by atomic mass is 79.9. The summed E-state index contributed by atoms with van der Waals surface area (Å²) in [5.74, 6) is -1.02. The highest BCUT2D eigenvalue weighted by Gasteiger charge is 2.39. The van der Waals surface area contributed by atoms with Gasteiger partial charge < -0.3 is 0 Å². The van der Waals surface area contributed by atoms with E-state index in [1.165, 1.54) is 4.90 Å².